The van der Waals surface area contributed by atoms with Gasteiger partial charge in [-0.15, -0.1) is 0 Å². The first-order valence-corrected chi connectivity index (χ1v) is 9.10. The van der Waals surface area contributed by atoms with Crippen molar-refractivity contribution in [2.24, 2.45) is 0 Å². The van der Waals surface area contributed by atoms with Crippen LogP contribution in [0.5, 0.6) is 0 Å². The molecule has 1 saturated heterocycles. The minimum atomic E-state index is -0.651. The smallest absolute Gasteiger partial charge is 0.294 e. The molecule has 1 fully saturated rings. The summed E-state index contributed by atoms with van der Waals surface area (Å²) >= 11 is 4.09. The fraction of sp³-hybridized carbons (Fsp3) is 0.0556. The van der Waals surface area contributed by atoms with Gasteiger partial charge in [0.05, 0.1) is 10.6 Å². The van der Waals surface area contributed by atoms with Gasteiger partial charge in [0, 0.05) is 4.47 Å². The molecule has 0 saturated carbocycles. The van der Waals surface area contributed by atoms with Crippen molar-refractivity contribution in [3.05, 3.63) is 69.3 Å². The van der Waals surface area contributed by atoms with Crippen LogP contribution in [0.15, 0.2) is 57.9 Å². The van der Waals surface area contributed by atoms with Gasteiger partial charge in [-0.1, -0.05) is 40.2 Å². The standard InChI is InChI=1S/C18H12BrFN2O3S/c19-12-7-5-11(6-8-12)9-15-17(24)22(18(25)26-15)10-16(23)21-14-4-2-1-3-13(14)20/h1-9H,10H2,(H,21,23)/b15-9-. The Bertz CT molecular complexity index is 915. The molecule has 2 aromatic rings. The summed E-state index contributed by atoms with van der Waals surface area (Å²) in [5, 5.41) is 1.82. The molecular weight excluding hydrogens is 423 g/mol. The Hall–Kier alpha value is -2.45. The molecule has 0 radical (unpaired) electrons. The number of hydrogen-bond donors (Lipinski definition) is 1. The van der Waals surface area contributed by atoms with E-state index < -0.39 is 29.4 Å². The van der Waals surface area contributed by atoms with E-state index in [1.54, 1.807) is 24.3 Å². The number of imide groups is 1. The van der Waals surface area contributed by atoms with Crippen molar-refractivity contribution < 1.29 is 18.8 Å². The van der Waals surface area contributed by atoms with Crippen molar-refractivity contribution in [3.63, 3.8) is 0 Å². The number of anilines is 1. The molecular formula is C18H12BrFN2O3S. The molecule has 0 aliphatic carbocycles. The summed E-state index contributed by atoms with van der Waals surface area (Å²) < 4.78 is 14.5. The van der Waals surface area contributed by atoms with Gasteiger partial charge in [-0.3, -0.25) is 19.3 Å². The van der Waals surface area contributed by atoms with Crippen LogP contribution in [0.2, 0.25) is 0 Å². The molecule has 1 aliphatic heterocycles. The number of amides is 3. The van der Waals surface area contributed by atoms with Crippen LogP contribution in [0.25, 0.3) is 6.08 Å². The van der Waals surface area contributed by atoms with Crippen molar-refractivity contribution in [3.8, 4) is 0 Å². The highest BCUT2D eigenvalue weighted by Crippen LogP contribution is 2.32. The molecule has 8 heteroatoms. The van der Waals surface area contributed by atoms with Crippen LogP contribution < -0.4 is 5.32 Å². The monoisotopic (exact) mass is 434 g/mol. The molecule has 5 nitrogen and oxygen atoms in total. The van der Waals surface area contributed by atoms with Crippen molar-refractivity contribution in [1.82, 2.24) is 4.90 Å². The highest BCUT2D eigenvalue weighted by molar-refractivity contribution is 9.10. The fourth-order valence-electron chi connectivity index (χ4n) is 2.24. The second-order valence-electron chi connectivity index (χ2n) is 5.35. The highest BCUT2D eigenvalue weighted by atomic mass is 79.9. The predicted molar refractivity (Wildman–Crippen MR) is 102 cm³/mol. The van der Waals surface area contributed by atoms with E-state index in [0.29, 0.717) is 0 Å². The van der Waals surface area contributed by atoms with Crippen LogP contribution in [-0.4, -0.2) is 28.5 Å². The molecule has 1 N–H and O–H groups in total. The summed E-state index contributed by atoms with van der Waals surface area (Å²) in [6.45, 7) is -0.476. The summed E-state index contributed by atoms with van der Waals surface area (Å²) in [6.07, 6.45) is 1.59. The first-order valence-electron chi connectivity index (χ1n) is 7.49. The van der Waals surface area contributed by atoms with Gasteiger partial charge >= 0.3 is 0 Å². The van der Waals surface area contributed by atoms with Crippen LogP contribution in [0.4, 0.5) is 14.9 Å². The number of halogens is 2. The van der Waals surface area contributed by atoms with Gasteiger partial charge in [-0.2, -0.15) is 0 Å². The van der Waals surface area contributed by atoms with Gasteiger partial charge in [0.2, 0.25) is 5.91 Å². The van der Waals surface area contributed by atoms with Gasteiger partial charge in [0.25, 0.3) is 11.1 Å². The minimum Gasteiger partial charge on any atom is -0.322 e. The van der Waals surface area contributed by atoms with Crippen molar-refractivity contribution in [1.29, 1.82) is 0 Å². The summed E-state index contributed by atoms with van der Waals surface area (Å²) in [4.78, 5) is 37.6. The third-order valence-electron chi connectivity index (χ3n) is 3.49. The zero-order valence-corrected chi connectivity index (χ0v) is 15.6. The summed E-state index contributed by atoms with van der Waals surface area (Å²) in [5.41, 5.74) is 0.754. The zero-order valence-electron chi connectivity index (χ0n) is 13.2. The number of benzene rings is 2. The number of carbonyl (C=O) groups is 3. The molecule has 3 amide bonds. The summed E-state index contributed by atoms with van der Waals surface area (Å²) in [6, 6.07) is 12.9. The number of hydrogen-bond acceptors (Lipinski definition) is 4. The first-order chi connectivity index (χ1) is 12.4. The average molecular weight is 435 g/mol. The second kappa shape index (κ2) is 7.84. The van der Waals surface area contributed by atoms with Crippen LogP contribution in [-0.2, 0) is 9.59 Å². The Labute approximate surface area is 161 Å². The van der Waals surface area contributed by atoms with Gasteiger partial charge in [0.15, 0.2) is 0 Å². The number of nitrogens with zero attached hydrogens (tertiary/aromatic N) is 1. The quantitative estimate of drug-likeness (QED) is 0.729. The minimum absolute atomic E-state index is 0.00474. The number of rotatable bonds is 4. The van der Waals surface area contributed by atoms with Crippen molar-refractivity contribution in [2.75, 3.05) is 11.9 Å². The molecule has 3 rings (SSSR count). The van der Waals surface area contributed by atoms with Crippen molar-refractivity contribution >= 4 is 56.5 Å². The third-order valence-corrected chi connectivity index (χ3v) is 4.93. The number of para-hydroxylation sites is 1. The maximum absolute atomic E-state index is 13.6. The number of carbonyl (C=O) groups excluding carboxylic acids is 3. The summed E-state index contributed by atoms with van der Waals surface area (Å²) in [5.74, 6) is -1.79. The SMILES string of the molecule is O=C(CN1C(=O)S/C(=C\c2ccc(Br)cc2)C1=O)Nc1ccccc1F. The highest BCUT2D eigenvalue weighted by Gasteiger charge is 2.36. The van der Waals surface area contributed by atoms with Crippen molar-refractivity contribution in [2.45, 2.75) is 0 Å². The topological polar surface area (TPSA) is 66.5 Å². The Morgan fingerprint density at radius 3 is 2.54 bits per heavy atom. The lowest BCUT2D eigenvalue weighted by Gasteiger charge is -2.12. The molecule has 0 unspecified atom stereocenters. The first kappa shape index (κ1) is 18.3. The molecule has 0 aromatic heterocycles. The lowest BCUT2D eigenvalue weighted by molar-refractivity contribution is -0.127. The molecule has 26 heavy (non-hydrogen) atoms. The second-order valence-corrected chi connectivity index (χ2v) is 7.26. The Kier molecular flexibility index (Phi) is 5.53. The molecule has 132 valence electrons. The zero-order chi connectivity index (χ0) is 18.7. The molecule has 2 aromatic carbocycles. The molecule has 0 spiro atoms. The van der Waals surface area contributed by atoms with E-state index in [2.05, 4.69) is 21.2 Å². The predicted octanol–water partition coefficient (Wildman–Crippen LogP) is 4.26. The molecule has 0 bridgehead atoms. The summed E-state index contributed by atoms with van der Waals surface area (Å²) in [7, 11) is 0. The Balaban J connectivity index is 1.70. The number of thioether (sulfide) groups is 1. The van der Waals surface area contributed by atoms with Crippen LogP contribution in [0.3, 0.4) is 0 Å². The van der Waals surface area contributed by atoms with E-state index in [1.165, 1.54) is 18.2 Å². The van der Waals surface area contributed by atoms with E-state index in [0.717, 1.165) is 26.7 Å². The fourth-order valence-corrected chi connectivity index (χ4v) is 3.35. The van der Waals surface area contributed by atoms with Gasteiger partial charge in [0.1, 0.15) is 12.4 Å². The van der Waals surface area contributed by atoms with E-state index in [1.807, 2.05) is 12.1 Å². The third kappa shape index (κ3) is 4.20. The average Bonchev–Trinajstić information content (AvgIpc) is 2.86. The van der Waals surface area contributed by atoms with Crippen LogP contribution in [0, 0.1) is 5.82 Å². The van der Waals surface area contributed by atoms with Crippen LogP contribution >= 0.6 is 27.7 Å². The number of nitrogens with one attached hydrogen (secondary N) is 1. The van der Waals surface area contributed by atoms with E-state index in [9.17, 15) is 18.8 Å². The Morgan fingerprint density at radius 2 is 1.85 bits per heavy atom. The van der Waals surface area contributed by atoms with Crippen LogP contribution in [0.1, 0.15) is 5.56 Å². The van der Waals surface area contributed by atoms with Gasteiger partial charge in [-0.25, -0.2) is 4.39 Å². The Morgan fingerprint density at radius 1 is 1.15 bits per heavy atom. The normalized spacial score (nSPS) is 15.6. The van der Waals surface area contributed by atoms with E-state index in [-0.39, 0.29) is 10.6 Å². The lowest BCUT2D eigenvalue weighted by atomic mass is 10.2. The van der Waals surface area contributed by atoms with Gasteiger partial charge in [-0.05, 0) is 47.7 Å². The van der Waals surface area contributed by atoms with E-state index in [4.69, 9.17) is 0 Å². The molecule has 1 heterocycles. The maximum Gasteiger partial charge on any atom is 0.294 e. The maximum atomic E-state index is 13.6. The molecule has 1 aliphatic rings. The lowest BCUT2D eigenvalue weighted by Crippen LogP contribution is -2.36. The van der Waals surface area contributed by atoms with Gasteiger partial charge < -0.3 is 5.32 Å². The largest absolute Gasteiger partial charge is 0.322 e. The molecule has 0 atom stereocenters. The van der Waals surface area contributed by atoms with E-state index >= 15 is 0 Å².